The third-order valence-electron chi connectivity index (χ3n) is 3.65. The van der Waals surface area contributed by atoms with Crippen molar-refractivity contribution < 1.29 is 5.11 Å². The van der Waals surface area contributed by atoms with E-state index in [1.165, 1.54) is 0 Å². The van der Waals surface area contributed by atoms with Crippen LogP contribution in [0.5, 0.6) is 0 Å². The van der Waals surface area contributed by atoms with Crippen molar-refractivity contribution in [2.45, 2.75) is 58.6 Å². The van der Waals surface area contributed by atoms with E-state index in [4.69, 9.17) is 0 Å². The maximum atomic E-state index is 10.4. The van der Waals surface area contributed by atoms with Gasteiger partial charge in [0.2, 0.25) is 0 Å². The van der Waals surface area contributed by atoms with Gasteiger partial charge in [-0.25, -0.2) is 0 Å². The van der Waals surface area contributed by atoms with E-state index in [0.29, 0.717) is 5.92 Å². The van der Waals surface area contributed by atoms with Crippen LogP contribution in [0.2, 0.25) is 0 Å². The van der Waals surface area contributed by atoms with Crippen molar-refractivity contribution in [3.8, 4) is 0 Å². The summed E-state index contributed by atoms with van der Waals surface area (Å²) < 4.78 is 3.11. The normalized spacial score (nSPS) is 28.2. The third-order valence-corrected chi connectivity index (χ3v) is 4.56. The molecular weight excluding hydrogens is 280 g/mol. The largest absolute Gasteiger partial charge is 0.389 e. The molecule has 0 radical (unpaired) electrons. The molecule has 1 saturated carbocycles. The molecule has 0 unspecified atom stereocenters. The summed E-state index contributed by atoms with van der Waals surface area (Å²) in [6.45, 7) is 7.25. The van der Waals surface area contributed by atoms with Crippen molar-refractivity contribution in [1.29, 1.82) is 0 Å². The summed E-state index contributed by atoms with van der Waals surface area (Å²) in [6, 6.07) is 0. The third kappa shape index (κ3) is 2.43. The van der Waals surface area contributed by atoms with Gasteiger partial charge in [0, 0.05) is 13.0 Å². The second-order valence-corrected chi connectivity index (χ2v) is 6.08. The van der Waals surface area contributed by atoms with E-state index in [1.54, 1.807) is 0 Å². The van der Waals surface area contributed by atoms with Crippen LogP contribution in [0.25, 0.3) is 0 Å². The Labute approximate surface area is 111 Å². The molecule has 96 valence electrons. The minimum absolute atomic E-state index is 0.500. The maximum Gasteiger partial charge on any atom is 0.0766 e. The highest BCUT2D eigenvalue weighted by molar-refractivity contribution is 9.10. The Bertz CT molecular complexity index is 408. The van der Waals surface area contributed by atoms with Crippen molar-refractivity contribution in [1.82, 2.24) is 9.78 Å². The molecule has 0 aliphatic heterocycles. The average molecular weight is 301 g/mol. The molecule has 2 rings (SSSR count). The summed E-state index contributed by atoms with van der Waals surface area (Å²) in [6.07, 6.45) is 3.47. The van der Waals surface area contributed by atoms with Gasteiger partial charge < -0.3 is 5.11 Å². The number of rotatable bonds is 4. The summed E-state index contributed by atoms with van der Waals surface area (Å²) in [4.78, 5) is 0. The maximum absolute atomic E-state index is 10.4. The van der Waals surface area contributed by atoms with Gasteiger partial charge in [-0.2, -0.15) is 5.10 Å². The zero-order valence-electron chi connectivity index (χ0n) is 10.8. The summed E-state index contributed by atoms with van der Waals surface area (Å²) in [5, 5.41) is 15.0. The first kappa shape index (κ1) is 13.1. The number of aliphatic hydroxyl groups is 1. The van der Waals surface area contributed by atoms with E-state index in [1.807, 2.05) is 4.68 Å². The first-order valence-corrected chi connectivity index (χ1v) is 7.24. The topological polar surface area (TPSA) is 38.0 Å². The Hall–Kier alpha value is -0.350. The molecule has 3 nitrogen and oxygen atoms in total. The number of aryl methyl sites for hydroxylation is 2. The van der Waals surface area contributed by atoms with Crippen molar-refractivity contribution in [3.05, 3.63) is 15.9 Å². The van der Waals surface area contributed by atoms with Gasteiger partial charge in [0.15, 0.2) is 0 Å². The van der Waals surface area contributed by atoms with Crippen LogP contribution < -0.4 is 0 Å². The molecule has 0 atom stereocenters. The fraction of sp³-hybridized carbons (Fsp3) is 0.769. The Morgan fingerprint density at radius 3 is 2.59 bits per heavy atom. The van der Waals surface area contributed by atoms with Crippen molar-refractivity contribution in [2.75, 3.05) is 0 Å². The van der Waals surface area contributed by atoms with Gasteiger partial charge >= 0.3 is 0 Å². The standard InChI is InChI=1S/C13H21BrN2O/c1-4-10-12(14)11(16(5-2)15-10)8-13(17)6-9(3)7-13/h9,17H,4-8H2,1-3H3. The predicted octanol–water partition coefficient (Wildman–Crippen LogP) is 2.93. The summed E-state index contributed by atoms with van der Waals surface area (Å²) in [5.41, 5.74) is 1.75. The number of halogens is 1. The molecular formula is C13H21BrN2O. The lowest BCUT2D eigenvalue weighted by atomic mass is 9.69. The molecule has 1 heterocycles. The summed E-state index contributed by atoms with van der Waals surface area (Å²) in [5.74, 6) is 0.655. The van der Waals surface area contributed by atoms with Crippen LogP contribution in [0.3, 0.4) is 0 Å². The fourth-order valence-electron chi connectivity index (χ4n) is 2.88. The zero-order chi connectivity index (χ0) is 12.6. The van der Waals surface area contributed by atoms with Gasteiger partial charge in [-0.3, -0.25) is 4.68 Å². The number of hydrogen-bond donors (Lipinski definition) is 1. The van der Waals surface area contributed by atoms with Crippen LogP contribution in [0.4, 0.5) is 0 Å². The molecule has 4 heteroatoms. The van der Waals surface area contributed by atoms with Crippen LogP contribution in [0, 0.1) is 5.92 Å². The van der Waals surface area contributed by atoms with Crippen LogP contribution in [-0.4, -0.2) is 20.5 Å². The first-order valence-electron chi connectivity index (χ1n) is 6.45. The summed E-state index contributed by atoms with van der Waals surface area (Å²) in [7, 11) is 0. The molecule has 1 aromatic heterocycles. The number of hydrogen-bond acceptors (Lipinski definition) is 2. The van der Waals surface area contributed by atoms with Crippen LogP contribution in [-0.2, 0) is 19.4 Å². The minimum Gasteiger partial charge on any atom is -0.389 e. The van der Waals surface area contributed by atoms with E-state index in [-0.39, 0.29) is 0 Å². The Balaban J connectivity index is 2.22. The molecule has 0 amide bonds. The van der Waals surface area contributed by atoms with Gasteiger partial charge in [-0.05, 0) is 48.0 Å². The Kier molecular flexibility index (Phi) is 3.64. The van der Waals surface area contributed by atoms with E-state index in [0.717, 1.165) is 48.1 Å². The van der Waals surface area contributed by atoms with Crippen LogP contribution in [0.1, 0.15) is 45.0 Å². The van der Waals surface area contributed by atoms with E-state index in [2.05, 4.69) is 41.8 Å². The lowest BCUT2D eigenvalue weighted by molar-refractivity contribution is -0.0680. The fourth-order valence-corrected chi connectivity index (χ4v) is 3.58. The molecule has 1 fully saturated rings. The number of aromatic nitrogens is 2. The highest BCUT2D eigenvalue weighted by Gasteiger charge is 2.41. The van der Waals surface area contributed by atoms with Gasteiger partial charge in [-0.1, -0.05) is 13.8 Å². The van der Waals surface area contributed by atoms with Crippen LogP contribution >= 0.6 is 15.9 Å². The lowest BCUT2D eigenvalue weighted by Crippen LogP contribution is -2.45. The van der Waals surface area contributed by atoms with Crippen molar-refractivity contribution >= 4 is 15.9 Å². The molecule has 1 N–H and O–H groups in total. The average Bonchev–Trinajstić information content (AvgIpc) is 2.54. The molecule has 0 spiro atoms. The quantitative estimate of drug-likeness (QED) is 0.928. The Morgan fingerprint density at radius 1 is 1.47 bits per heavy atom. The SMILES string of the molecule is CCc1nn(CC)c(CC2(O)CC(C)C2)c1Br. The van der Waals surface area contributed by atoms with E-state index >= 15 is 0 Å². The van der Waals surface area contributed by atoms with Crippen molar-refractivity contribution in [3.63, 3.8) is 0 Å². The smallest absolute Gasteiger partial charge is 0.0766 e. The highest BCUT2D eigenvalue weighted by Crippen LogP contribution is 2.41. The second kappa shape index (κ2) is 4.73. The van der Waals surface area contributed by atoms with Gasteiger partial charge in [0.05, 0.1) is 21.5 Å². The van der Waals surface area contributed by atoms with Crippen molar-refractivity contribution in [2.24, 2.45) is 5.92 Å². The van der Waals surface area contributed by atoms with E-state index < -0.39 is 5.60 Å². The Morgan fingerprint density at radius 2 is 2.12 bits per heavy atom. The molecule has 1 aromatic rings. The molecule has 17 heavy (non-hydrogen) atoms. The molecule has 1 aliphatic rings. The lowest BCUT2D eigenvalue weighted by Gasteiger charge is -2.42. The van der Waals surface area contributed by atoms with Crippen LogP contribution in [0.15, 0.2) is 4.47 Å². The molecule has 1 aliphatic carbocycles. The predicted molar refractivity (Wildman–Crippen MR) is 72.0 cm³/mol. The van der Waals surface area contributed by atoms with Gasteiger partial charge in [-0.15, -0.1) is 0 Å². The van der Waals surface area contributed by atoms with E-state index in [9.17, 15) is 5.11 Å². The van der Waals surface area contributed by atoms with Gasteiger partial charge in [0.25, 0.3) is 0 Å². The number of nitrogens with zero attached hydrogens (tertiary/aromatic N) is 2. The summed E-state index contributed by atoms with van der Waals surface area (Å²) >= 11 is 3.63. The molecule has 0 aromatic carbocycles. The molecule has 0 saturated heterocycles. The minimum atomic E-state index is -0.500. The molecule has 0 bridgehead atoms. The van der Waals surface area contributed by atoms with Gasteiger partial charge in [0.1, 0.15) is 0 Å². The first-order chi connectivity index (χ1) is 7.99. The highest BCUT2D eigenvalue weighted by atomic mass is 79.9. The monoisotopic (exact) mass is 300 g/mol. The zero-order valence-corrected chi connectivity index (χ0v) is 12.4. The second-order valence-electron chi connectivity index (χ2n) is 5.29.